The molecule has 0 aliphatic rings. The summed E-state index contributed by atoms with van der Waals surface area (Å²) in [7, 11) is 0. The van der Waals surface area contributed by atoms with Gasteiger partial charge < -0.3 is 14.4 Å². The number of fused-ring (bicyclic) bond motifs is 3. The van der Waals surface area contributed by atoms with E-state index in [2.05, 4.69) is 73.0 Å². The van der Waals surface area contributed by atoms with Gasteiger partial charge in [0.15, 0.2) is 0 Å². The number of hydrogen-bond acceptors (Lipinski definition) is 4. The fourth-order valence-electron chi connectivity index (χ4n) is 4.23. The Morgan fingerprint density at radius 2 is 1.74 bits per heavy atom. The van der Waals surface area contributed by atoms with Gasteiger partial charge in [-0.3, -0.25) is 0 Å². The minimum atomic E-state index is -2.55. The second-order valence-electron chi connectivity index (χ2n) is 9.38. The fourth-order valence-corrected chi connectivity index (χ4v) is 4.23. The molecular weight excluding hydrogens is 659 g/mol. The molecular formula is C34H31IrN3O-2. The van der Waals surface area contributed by atoms with Crippen molar-refractivity contribution in [1.82, 2.24) is 15.0 Å². The fraction of sp³-hybridized carbons (Fsp3) is 0.206. The average molecular weight is 698 g/mol. The molecule has 5 heteroatoms. The molecule has 2 aromatic carbocycles. The maximum atomic E-state index is 8.23. The van der Waals surface area contributed by atoms with E-state index in [0.717, 1.165) is 17.5 Å². The van der Waals surface area contributed by atoms with Crippen LogP contribution in [-0.4, -0.2) is 15.0 Å². The Morgan fingerprint density at radius 3 is 2.46 bits per heavy atom. The third kappa shape index (κ3) is 6.16. The van der Waals surface area contributed by atoms with Crippen molar-refractivity contribution in [3.63, 3.8) is 0 Å². The van der Waals surface area contributed by atoms with Crippen LogP contribution in [0.2, 0.25) is 0 Å². The third-order valence-electron chi connectivity index (χ3n) is 6.19. The average Bonchev–Trinajstić information content (AvgIpc) is 3.36. The van der Waals surface area contributed by atoms with Gasteiger partial charge in [0.1, 0.15) is 0 Å². The first-order valence-corrected chi connectivity index (χ1v) is 12.2. The molecule has 0 fully saturated rings. The molecule has 1 radical (unpaired) electrons. The molecule has 0 atom stereocenters. The predicted molar refractivity (Wildman–Crippen MR) is 155 cm³/mol. The van der Waals surface area contributed by atoms with E-state index in [0.29, 0.717) is 16.7 Å². The summed E-state index contributed by atoms with van der Waals surface area (Å²) >= 11 is 0. The minimum absolute atomic E-state index is 0. The van der Waals surface area contributed by atoms with Gasteiger partial charge in [-0.05, 0) is 61.2 Å². The van der Waals surface area contributed by atoms with E-state index in [9.17, 15) is 0 Å². The molecule has 0 aliphatic heterocycles. The molecule has 0 bridgehead atoms. The third-order valence-corrected chi connectivity index (χ3v) is 6.19. The Labute approximate surface area is 255 Å². The molecule has 4 aromatic heterocycles. The Hall–Kier alpha value is -3.66. The molecule has 0 N–H and O–H groups in total. The molecule has 0 amide bonds. The van der Waals surface area contributed by atoms with Crippen LogP contribution in [0.15, 0.2) is 77.4 Å². The van der Waals surface area contributed by atoms with Crippen LogP contribution in [-0.2, 0) is 20.1 Å². The van der Waals surface area contributed by atoms with E-state index in [1.54, 1.807) is 18.2 Å². The summed E-state index contributed by atoms with van der Waals surface area (Å²) in [6.45, 7) is 3.67. The maximum absolute atomic E-state index is 8.23. The number of pyridine rings is 3. The van der Waals surface area contributed by atoms with Crippen LogP contribution in [0.4, 0.5) is 0 Å². The van der Waals surface area contributed by atoms with Crippen LogP contribution in [0.5, 0.6) is 0 Å². The topological polar surface area (TPSA) is 51.8 Å². The molecule has 0 aliphatic carbocycles. The number of hydrogen-bond donors (Lipinski definition) is 0. The van der Waals surface area contributed by atoms with Gasteiger partial charge in [0.05, 0.1) is 8.32 Å². The van der Waals surface area contributed by atoms with Crippen molar-refractivity contribution in [2.75, 3.05) is 0 Å². The normalized spacial score (nSPS) is 14.5. The van der Waals surface area contributed by atoms with Crippen molar-refractivity contribution in [2.24, 2.45) is 0 Å². The van der Waals surface area contributed by atoms with E-state index in [4.69, 9.17) is 15.4 Å². The van der Waals surface area contributed by atoms with Gasteiger partial charge in [-0.2, -0.15) is 0 Å². The molecule has 6 rings (SSSR count). The minimum Gasteiger partial charge on any atom is -0.486 e. The summed E-state index contributed by atoms with van der Waals surface area (Å²) in [5, 5.41) is 1.20. The first-order valence-electron chi connectivity index (χ1n) is 16.2. The molecule has 0 unspecified atom stereocenters. The Kier molecular flexibility index (Phi) is 5.98. The summed E-state index contributed by atoms with van der Waals surface area (Å²) in [6, 6.07) is 20.0. The van der Waals surface area contributed by atoms with Crippen LogP contribution >= 0.6 is 0 Å². The Morgan fingerprint density at radius 1 is 0.897 bits per heavy atom. The van der Waals surface area contributed by atoms with Crippen LogP contribution in [0, 0.1) is 39.7 Å². The molecule has 0 saturated carbocycles. The summed E-state index contributed by atoms with van der Waals surface area (Å²) in [4.78, 5) is 12.7. The van der Waals surface area contributed by atoms with Crippen LogP contribution in [0.1, 0.15) is 58.7 Å². The standard InChI is InChI=1S/C18H13N2O.C16H18N.Ir/c1-11-6-9-16(19-10-11)15-5-3-4-13-14-8-7-12(2)20-18(14)21-17(13)15;1-11(2)15-10-17-16(9-13(15)4)14-7-5-12(3)6-8-14;/h3-4,6-10H,1-2H3;5-7,9-11H,1-4H3;/q2*-1;/i1D3,2D3,6D,9D;;. The molecule has 199 valence electrons. The summed E-state index contributed by atoms with van der Waals surface area (Å²) in [5.74, 6) is 0.526. The van der Waals surface area contributed by atoms with E-state index in [-0.39, 0.29) is 60.0 Å². The first-order chi connectivity index (χ1) is 21.6. The van der Waals surface area contributed by atoms with Gasteiger partial charge in [0.25, 0.3) is 0 Å². The second-order valence-corrected chi connectivity index (χ2v) is 9.38. The van der Waals surface area contributed by atoms with Crippen LogP contribution < -0.4 is 0 Å². The van der Waals surface area contributed by atoms with E-state index < -0.39 is 19.7 Å². The molecule has 4 heterocycles. The number of aromatic nitrogens is 3. The zero-order valence-electron chi connectivity index (χ0n) is 29.9. The monoisotopic (exact) mass is 698 g/mol. The largest absolute Gasteiger partial charge is 0.486 e. The molecule has 0 spiro atoms. The van der Waals surface area contributed by atoms with Gasteiger partial charge in [0.2, 0.25) is 5.71 Å². The zero-order chi connectivity index (χ0) is 33.6. The van der Waals surface area contributed by atoms with Crippen molar-refractivity contribution in [3.05, 3.63) is 113 Å². The smallest absolute Gasteiger partial charge is 0.216 e. The van der Waals surface area contributed by atoms with Gasteiger partial charge in [-0.25, -0.2) is 4.98 Å². The summed E-state index contributed by atoms with van der Waals surface area (Å²) in [6.07, 6.45) is 3.05. The Bertz CT molecular complexity index is 2050. The van der Waals surface area contributed by atoms with E-state index in [1.807, 2.05) is 12.3 Å². The quantitative estimate of drug-likeness (QED) is 0.174. The Balaban J connectivity index is 0.000000238. The van der Waals surface area contributed by atoms with Gasteiger partial charge >= 0.3 is 0 Å². The number of furan rings is 1. The van der Waals surface area contributed by atoms with Gasteiger partial charge in [-0.1, -0.05) is 55.4 Å². The van der Waals surface area contributed by atoms with Crippen molar-refractivity contribution in [3.8, 4) is 22.5 Å². The number of aryl methyl sites for hydroxylation is 4. The molecule has 0 saturated heterocycles. The van der Waals surface area contributed by atoms with Crippen LogP contribution in [0.3, 0.4) is 0 Å². The molecule has 39 heavy (non-hydrogen) atoms. The van der Waals surface area contributed by atoms with Gasteiger partial charge in [-0.15, -0.1) is 53.6 Å². The predicted octanol–water partition coefficient (Wildman–Crippen LogP) is 8.75. The van der Waals surface area contributed by atoms with Crippen molar-refractivity contribution >= 4 is 22.1 Å². The van der Waals surface area contributed by atoms with E-state index in [1.165, 1.54) is 22.8 Å². The van der Waals surface area contributed by atoms with Crippen LogP contribution in [0.25, 0.3) is 44.6 Å². The second kappa shape index (κ2) is 12.0. The summed E-state index contributed by atoms with van der Waals surface area (Å²) < 4.78 is 67.0. The maximum Gasteiger partial charge on any atom is 0.216 e. The molecule has 4 nitrogen and oxygen atoms in total. The number of benzene rings is 2. The van der Waals surface area contributed by atoms with Gasteiger partial charge in [0, 0.05) is 51.8 Å². The number of nitrogens with zero attached hydrogens (tertiary/aromatic N) is 3. The SMILES string of the molecule is Cc1c[c-]c(-c2cc(C)c(C(C)C)cn2)cc1.[2H]c1c(C([2H])([2H])[2H])cnc(-c2[c-]ccc3c2oc2nc(C([2H])([2H])[2H])ccc23)c1[2H].[Ir]. The summed E-state index contributed by atoms with van der Waals surface area (Å²) in [5.41, 5.74) is 6.21. The number of rotatable bonds is 3. The van der Waals surface area contributed by atoms with Crippen molar-refractivity contribution in [2.45, 2.75) is 47.3 Å². The van der Waals surface area contributed by atoms with Crippen molar-refractivity contribution < 1.29 is 35.5 Å². The zero-order valence-corrected chi connectivity index (χ0v) is 24.3. The molecule has 6 aromatic rings. The first kappa shape index (κ1) is 19.4. The van der Waals surface area contributed by atoms with Crippen molar-refractivity contribution in [1.29, 1.82) is 0 Å². The van der Waals surface area contributed by atoms with E-state index >= 15 is 0 Å².